The third-order valence-corrected chi connectivity index (χ3v) is 2.96. The Morgan fingerprint density at radius 3 is 1.83 bits per heavy atom. The minimum Gasteiger partial charge on any atom is -0.473 e. The highest BCUT2D eigenvalue weighted by Crippen LogP contribution is 2.29. The van der Waals surface area contributed by atoms with Crippen molar-refractivity contribution in [3.8, 4) is 0 Å². The molecule has 132 valence electrons. The summed E-state index contributed by atoms with van der Waals surface area (Å²) in [6.07, 6.45) is 6.41. The number of aromatic nitrogens is 1. The number of nitrogens with zero attached hydrogens (tertiary/aromatic N) is 2. The minimum absolute atomic E-state index is 0.610. The quantitative estimate of drug-likeness (QED) is 0.516. The first-order valence-electron chi connectivity index (χ1n) is 6.69. The maximum absolute atomic E-state index is 9.10. The lowest BCUT2D eigenvalue weighted by Crippen LogP contribution is -2.17. The zero-order valence-corrected chi connectivity index (χ0v) is 12.8. The molecule has 0 spiro atoms. The largest absolute Gasteiger partial charge is 0.473 e. The van der Waals surface area contributed by atoms with Crippen LogP contribution in [0.1, 0.15) is 24.4 Å². The van der Waals surface area contributed by atoms with E-state index in [9.17, 15) is 0 Å². The van der Waals surface area contributed by atoms with Crippen LogP contribution in [0.15, 0.2) is 24.5 Å². The van der Waals surface area contributed by atoms with Crippen LogP contribution >= 0.6 is 0 Å². The summed E-state index contributed by atoms with van der Waals surface area (Å²) in [7, 11) is 2.19. The van der Waals surface area contributed by atoms with Crippen LogP contribution in [0, 0.1) is 0 Å². The number of hydrogen-bond donors (Lipinski definition) is 4. The Labute approximate surface area is 137 Å². The Morgan fingerprint density at radius 2 is 1.54 bits per heavy atom. The monoisotopic (exact) mass is 342 g/mol. The van der Waals surface area contributed by atoms with Crippen molar-refractivity contribution in [3.05, 3.63) is 30.1 Å². The van der Waals surface area contributed by atoms with Crippen LogP contribution in [0.3, 0.4) is 0 Å². The Kier molecular flexibility index (Phi) is 9.33. The summed E-state index contributed by atoms with van der Waals surface area (Å²) in [5.41, 5.74) is 1.36. The van der Waals surface area contributed by atoms with Gasteiger partial charge in [0.05, 0.1) is 0 Å². The minimum atomic E-state index is -1.82. The molecule has 4 N–H and O–H groups in total. The van der Waals surface area contributed by atoms with Gasteiger partial charge in [-0.15, -0.1) is 0 Å². The molecule has 0 aromatic carbocycles. The van der Waals surface area contributed by atoms with E-state index in [-0.39, 0.29) is 0 Å². The van der Waals surface area contributed by atoms with Crippen LogP contribution in [0.4, 0.5) is 0 Å². The van der Waals surface area contributed by atoms with Gasteiger partial charge in [-0.3, -0.25) is 9.88 Å². The first-order chi connectivity index (χ1) is 11.2. The fourth-order valence-electron chi connectivity index (χ4n) is 1.90. The zero-order valence-electron chi connectivity index (χ0n) is 12.8. The molecule has 2 rings (SSSR count). The molecule has 10 heteroatoms. The van der Waals surface area contributed by atoms with E-state index < -0.39 is 23.9 Å². The summed E-state index contributed by atoms with van der Waals surface area (Å²) in [4.78, 5) is 42.9. The van der Waals surface area contributed by atoms with Gasteiger partial charge in [0.15, 0.2) is 0 Å². The topological polar surface area (TPSA) is 165 Å². The number of carboxylic acids is 4. The Morgan fingerprint density at radius 1 is 1.04 bits per heavy atom. The van der Waals surface area contributed by atoms with E-state index in [0.717, 1.165) is 0 Å². The van der Waals surface area contributed by atoms with Crippen molar-refractivity contribution in [2.24, 2.45) is 0 Å². The van der Waals surface area contributed by atoms with Crippen molar-refractivity contribution in [3.63, 3.8) is 0 Å². The molecule has 0 radical (unpaired) electrons. The predicted molar refractivity (Wildman–Crippen MR) is 79.4 cm³/mol. The van der Waals surface area contributed by atoms with Crippen LogP contribution < -0.4 is 0 Å². The smallest absolute Gasteiger partial charge is 0.414 e. The van der Waals surface area contributed by atoms with Crippen molar-refractivity contribution in [1.82, 2.24) is 9.88 Å². The molecule has 1 aromatic heterocycles. The Bertz CT molecular complexity index is 527. The third-order valence-electron chi connectivity index (χ3n) is 2.96. The van der Waals surface area contributed by atoms with Gasteiger partial charge in [0.2, 0.25) is 0 Å². The van der Waals surface area contributed by atoms with E-state index in [4.69, 9.17) is 39.6 Å². The van der Waals surface area contributed by atoms with Gasteiger partial charge in [-0.25, -0.2) is 19.2 Å². The van der Waals surface area contributed by atoms with Crippen LogP contribution in [0.25, 0.3) is 0 Å². The molecule has 1 aliphatic heterocycles. The molecule has 0 saturated carbocycles. The number of rotatable bonds is 1. The van der Waals surface area contributed by atoms with Crippen LogP contribution in [-0.2, 0) is 19.2 Å². The fourth-order valence-corrected chi connectivity index (χ4v) is 1.90. The van der Waals surface area contributed by atoms with Gasteiger partial charge in [0.25, 0.3) is 0 Å². The van der Waals surface area contributed by atoms with E-state index in [0.29, 0.717) is 6.04 Å². The van der Waals surface area contributed by atoms with Crippen molar-refractivity contribution >= 4 is 23.9 Å². The van der Waals surface area contributed by atoms with E-state index >= 15 is 0 Å². The van der Waals surface area contributed by atoms with E-state index in [2.05, 4.69) is 23.0 Å². The van der Waals surface area contributed by atoms with E-state index in [1.807, 2.05) is 18.5 Å². The summed E-state index contributed by atoms with van der Waals surface area (Å²) in [5.74, 6) is -7.30. The molecular formula is C14H18N2O8. The van der Waals surface area contributed by atoms with Crippen molar-refractivity contribution < 1.29 is 39.6 Å². The second-order valence-corrected chi connectivity index (χ2v) is 4.65. The second-order valence-electron chi connectivity index (χ2n) is 4.65. The van der Waals surface area contributed by atoms with Gasteiger partial charge in [-0.2, -0.15) is 0 Å². The van der Waals surface area contributed by atoms with E-state index in [1.54, 1.807) is 0 Å². The van der Waals surface area contributed by atoms with Gasteiger partial charge in [0, 0.05) is 18.4 Å². The Balaban J connectivity index is 0.000000377. The molecule has 0 amide bonds. The molecule has 1 unspecified atom stereocenters. The summed E-state index contributed by atoms with van der Waals surface area (Å²) < 4.78 is 0. The highest BCUT2D eigenvalue weighted by molar-refractivity contribution is 6.27. The lowest BCUT2D eigenvalue weighted by Gasteiger charge is -2.18. The number of hydrogen-bond acceptors (Lipinski definition) is 6. The molecule has 1 fully saturated rings. The van der Waals surface area contributed by atoms with Gasteiger partial charge < -0.3 is 20.4 Å². The maximum Gasteiger partial charge on any atom is 0.414 e. The molecule has 1 aliphatic rings. The Hall–Kier alpha value is -3.01. The van der Waals surface area contributed by atoms with Gasteiger partial charge in [0.1, 0.15) is 0 Å². The molecule has 0 aliphatic carbocycles. The number of carboxylic acid groups (broad SMARTS) is 4. The first kappa shape index (κ1) is 21.0. The molecular weight excluding hydrogens is 324 g/mol. The molecule has 24 heavy (non-hydrogen) atoms. The summed E-state index contributed by atoms with van der Waals surface area (Å²) >= 11 is 0. The number of carbonyl (C=O) groups is 4. The number of likely N-dealkylation sites (tertiary alicyclic amines) is 1. The van der Waals surface area contributed by atoms with Gasteiger partial charge in [-0.05, 0) is 38.1 Å². The average molecular weight is 342 g/mol. The molecule has 1 aromatic rings. The maximum atomic E-state index is 9.10. The summed E-state index contributed by atoms with van der Waals surface area (Å²) in [6, 6.07) is 4.79. The van der Waals surface area contributed by atoms with E-state index in [1.165, 1.54) is 24.9 Å². The summed E-state index contributed by atoms with van der Waals surface area (Å²) in [5, 5.41) is 29.6. The molecule has 0 bridgehead atoms. The first-order valence-corrected chi connectivity index (χ1v) is 6.69. The van der Waals surface area contributed by atoms with Crippen molar-refractivity contribution in [1.29, 1.82) is 0 Å². The second kappa shape index (κ2) is 10.7. The van der Waals surface area contributed by atoms with Gasteiger partial charge >= 0.3 is 23.9 Å². The standard InChI is InChI=1S/C10H14N2.2C2H2O4/c1-12-7-3-5-10(12)9-4-2-6-11-8-9;2*3-1(4)2(5)6/h2,4,6,8,10H,3,5,7H2,1H3;2*(H,3,4)(H,5,6). The predicted octanol–water partition coefficient (Wildman–Crippen LogP) is 0.160. The SMILES string of the molecule is CN1CCCC1c1cccnc1.O=C(O)C(=O)O.O=C(O)C(=O)O. The average Bonchev–Trinajstić information content (AvgIpc) is 2.95. The zero-order chi connectivity index (χ0) is 18.7. The highest BCUT2D eigenvalue weighted by Gasteiger charge is 2.21. The molecule has 10 nitrogen and oxygen atoms in total. The molecule has 1 atom stereocenters. The van der Waals surface area contributed by atoms with Crippen LogP contribution in [0.2, 0.25) is 0 Å². The number of pyridine rings is 1. The lowest BCUT2D eigenvalue weighted by molar-refractivity contribution is -0.159. The van der Waals surface area contributed by atoms with Crippen LogP contribution in [0.5, 0.6) is 0 Å². The third kappa shape index (κ3) is 8.44. The van der Waals surface area contributed by atoms with Crippen LogP contribution in [-0.4, -0.2) is 67.8 Å². The van der Waals surface area contributed by atoms with Crippen molar-refractivity contribution in [2.45, 2.75) is 18.9 Å². The molecule has 1 saturated heterocycles. The summed E-state index contributed by atoms with van der Waals surface area (Å²) in [6.45, 7) is 1.22. The van der Waals surface area contributed by atoms with Gasteiger partial charge in [-0.1, -0.05) is 6.07 Å². The fraction of sp³-hybridized carbons (Fsp3) is 0.357. The van der Waals surface area contributed by atoms with Crippen molar-refractivity contribution in [2.75, 3.05) is 13.6 Å². The molecule has 2 heterocycles. The normalized spacial score (nSPS) is 16.0. The lowest BCUT2D eigenvalue weighted by atomic mass is 10.1. The highest BCUT2D eigenvalue weighted by atomic mass is 16.4. The number of aliphatic carboxylic acids is 4.